The molecule has 0 spiro atoms. The van der Waals surface area contributed by atoms with Crippen LogP contribution in [0.4, 0.5) is 4.39 Å². The van der Waals surface area contributed by atoms with Crippen LogP contribution in [0.5, 0.6) is 0 Å². The minimum atomic E-state index is -0.655. The molecule has 0 unspecified atom stereocenters. The van der Waals surface area contributed by atoms with Crippen molar-refractivity contribution in [3.63, 3.8) is 0 Å². The summed E-state index contributed by atoms with van der Waals surface area (Å²) in [5, 5.41) is 9.86. The molecule has 3 N–H and O–H groups in total. The standard InChI is InChI=1S/C16H26FN3O/c1-16(2,21)12-20-7-5-19(6-8-20)11-14-9-15(17)4-3-13(14)10-18/h3-4,9,21H,5-8,10-12,18H2,1-2H3. The Kier molecular flexibility index (Phi) is 5.32. The van der Waals surface area contributed by atoms with Gasteiger partial charge in [-0.25, -0.2) is 4.39 Å². The molecule has 1 aromatic rings. The zero-order valence-corrected chi connectivity index (χ0v) is 13.0. The van der Waals surface area contributed by atoms with Gasteiger partial charge in [-0.15, -0.1) is 0 Å². The fourth-order valence-corrected chi connectivity index (χ4v) is 2.83. The van der Waals surface area contributed by atoms with Crippen molar-refractivity contribution in [1.82, 2.24) is 9.80 Å². The second kappa shape index (κ2) is 6.83. The van der Waals surface area contributed by atoms with Crippen LogP contribution >= 0.6 is 0 Å². The van der Waals surface area contributed by atoms with E-state index in [4.69, 9.17) is 5.73 Å². The first kappa shape index (κ1) is 16.4. The number of rotatable bonds is 5. The van der Waals surface area contributed by atoms with Gasteiger partial charge in [-0.3, -0.25) is 9.80 Å². The molecule has 118 valence electrons. The van der Waals surface area contributed by atoms with E-state index in [0.717, 1.165) is 43.9 Å². The molecule has 21 heavy (non-hydrogen) atoms. The fraction of sp³-hybridized carbons (Fsp3) is 0.625. The maximum Gasteiger partial charge on any atom is 0.123 e. The second-order valence-corrected chi connectivity index (χ2v) is 6.48. The van der Waals surface area contributed by atoms with Gasteiger partial charge in [-0.2, -0.15) is 0 Å². The number of nitrogens with zero attached hydrogens (tertiary/aromatic N) is 2. The number of aliphatic hydroxyl groups is 1. The van der Waals surface area contributed by atoms with Crippen LogP contribution in [-0.2, 0) is 13.1 Å². The average Bonchev–Trinajstić information content (AvgIpc) is 2.40. The van der Waals surface area contributed by atoms with E-state index in [1.807, 2.05) is 13.8 Å². The third-order valence-electron chi connectivity index (χ3n) is 3.86. The topological polar surface area (TPSA) is 52.7 Å². The summed E-state index contributed by atoms with van der Waals surface area (Å²) in [6.45, 7) is 9.24. The first-order valence-electron chi connectivity index (χ1n) is 7.52. The summed E-state index contributed by atoms with van der Waals surface area (Å²) in [5.74, 6) is -0.206. The van der Waals surface area contributed by atoms with Gasteiger partial charge in [-0.05, 0) is 37.1 Å². The second-order valence-electron chi connectivity index (χ2n) is 6.48. The number of hydrogen-bond donors (Lipinski definition) is 2. The Bertz CT molecular complexity index is 465. The Morgan fingerprint density at radius 3 is 2.33 bits per heavy atom. The molecule has 0 radical (unpaired) electrons. The van der Waals surface area contributed by atoms with Gasteiger partial charge in [0.15, 0.2) is 0 Å². The van der Waals surface area contributed by atoms with Gasteiger partial charge in [-0.1, -0.05) is 6.07 Å². The Morgan fingerprint density at radius 2 is 1.76 bits per heavy atom. The van der Waals surface area contributed by atoms with Crippen LogP contribution in [0, 0.1) is 5.82 Å². The predicted molar refractivity (Wildman–Crippen MR) is 82.3 cm³/mol. The number of nitrogens with two attached hydrogens (primary N) is 1. The quantitative estimate of drug-likeness (QED) is 0.856. The van der Waals surface area contributed by atoms with Crippen LogP contribution in [0.2, 0.25) is 0 Å². The molecule has 0 aliphatic carbocycles. The van der Waals surface area contributed by atoms with Crippen molar-refractivity contribution in [1.29, 1.82) is 0 Å². The van der Waals surface area contributed by atoms with Crippen LogP contribution in [-0.4, -0.2) is 53.2 Å². The minimum absolute atomic E-state index is 0.206. The average molecular weight is 295 g/mol. The normalized spacial score (nSPS) is 18.1. The Balaban J connectivity index is 1.90. The lowest BCUT2D eigenvalue weighted by molar-refractivity contribution is 0.0166. The molecule has 1 aliphatic rings. The van der Waals surface area contributed by atoms with Crippen LogP contribution in [0.1, 0.15) is 25.0 Å². The van der Waals surface area contributed by atoms with Crippen molar-refractivity contribution in [2.75, 3.05) is 32.7 Å². The van der Waals surface area contributed by atoms with E-state index >= 15 is 0 Å². The predicted octanol–water partition coefficient (Wildman–Crippen LogP) is 1.17. The number of benzene rings is 1. The molecular weight excluding hydrogens is 269 g/mol. The van der Waals surface area contributed by atoms with Gasteiger partial charge < -0.3 is 10.8 Å². The highest BCUT2D eigenvalue weighted by Crippen LogP contribution is 2.16. The number of hydrogen-bond acceptors (Lipinski definition) is 4. The zero-order chi connectivity index (χ0) is 15.5. The van der Waals surface area contributed by atoms with Gasteiger partial charge >= 0.3 is 0 Å². The molecule has 1 aliphatic heterocycles. The van der Waals surface area contributed by atoms with Gasteiger partial charge in [0.1, 0.15) is 5.82 Å². The minimum Gasteiger partial charge on any atom is -0.389 e. The molecule has 0 amide bonds. The molecule has 0 bridgehead atoms. The van der Waals surface area contributed by atoms with Crippen molar-refractivity contribution in [3.05, 3.63) is 35.1 Å². The largest absolute Gasteiger partial charge is 0.389 e. The Labute approximate surface area is 126 Å². The molecule has 2 rings (SSSR count). The van der Waals surface area contributed by atoms with Crippen LogP contribution in [0.3, 0.4) is 0 Å². The monoisotopic (exact) mass is 295 g/mol. The molecule has 1 heterocycles. The lowest BCUT2D eigenvalue weighted by Gasteiger charge is -2.37. The summed E-state index contributed by atoms with van der Waals surface area (Å²) in [4.78, 5) is 4.58. The Morgan fingerprint density at radius 1 is 1.14 bits per heavy atom. The van der Waals surface area contributed by atoms with Crippen molar-refractivity contribution in [3.8, 4) is 0 Å². The highest BCUT2D eigenvalue weighted by atomic mass is 19.1. The zero-order valence-electron chi connectivity index (χ0n) is 13.0. The Hall–Kier alpha value is -1.01. The molecule has 4 nitrogen and oxygen atoms in total. The van der Waals surface area contributed by atoms with Crippen LogP contribution in [0.25, 0.3) is 0 Å². The van der Waals surface area contributed by atoms with Gasteiger partial charge in [0, 0.05) is 45.8 Å². The van der Waals surface area contributed by atoms with Crippen molar-refractivity contribution in [2.45, 2.75) is 32.5 Å². The summed E-state index contributed by atoms with van der Waals surface area (Å²) < 4.78 is 13.4. The molecule has 1 saturated heterocycles. The SMILES string of the molecule is CC(C)(O)CN1CCN(Cc2cc(F)ccc2CN)CC1. The number of halogens is 1. The lowest BCUT2D eigenvalue weighted by atomic mass is 10.1. The van der Waals surface area contributed by atoms with Gasteiger partial charge in [0.05, 0.1) is 5.60 Å². The summed E-state index contributed by atoms with van der Waals surface area (Å²) in [5.41, 5.74) is 7.05. The van der Waals surface area contributed by atoms with Crippen molar-refractivity contribution >= 4 is 0 Å². The summed E-state index contributed by atoms with van der Waals surface area (Å²) in [7, 11) is 0. The first-order valence-corrected chi connectivity index (χ1v) is 7.52. The molecule has 5 heteroatoms. The van der Waals surface area contributed by atoms with E-state index in [9.17, 15) is 9.50 Å². The highest BCUT2D eigenvalue weighted by molar-refractivity contribution is 5.27. The van der Waals surface area contributed by atoms with Crippen LogP contribution < -0.4 is 5.73 Å². The molecule has 1 fully saturated rings. The van der Waals surface area contributed by atoms with Crippen LogP contribution in [0.15, 0.2) is 18.2 Å². The van der Waals surface area contributed by atoms with E-state index < -0.39 is 5.60 Å². The molecule has 0 aromatic heterocycles. The first-order chi connectivity index (χ1) is 9.87. The molecule has 1 aromatic carbocycles. The van der Waals surface area contributed by atoms with Crippen molar-refractivity contribution < 1.29 is 9.50 Å². The third-order valence-corrected chi connectivity index (χ3v) is 3.86. The van der Waals surface area contributed by atoms with Crippen molar-refractivity contribution in [2.24, 2.45) is 5.73 Å². The highest BCUT2D eigenvalue weighted by Gasteiger charge is 2.23. The molecular formula is C16H26FN3O. The lowest BCUT2D eigenvalue weighted by Crippen LogP contribution is -2.50. The summed E-state index contributed by atoms with van der Waals surface area (Å²) in [6, 6.07) is 4.83. The van der Waals surface area contributed by atoms with E-state index in [1.54, 1.807) is 12.1 Å². The van der Waals surface area contributed by atoms with E-state index in [2.05, 4.69) is 9.80 Å². The van der Waals surface area contributed by atoms with E-state index in [0.29, 0.717) is 13.1 Å². The third kappa shape index (κ3) is 5.04. The summed E-state index contributed by atoms with van der Waals surface area (Å²) >= 11 is 0. The van der Waals surface area contributed by atoms with Gasteiger partial charge in [0.25, 0.3) is 0 Å². The molecule has 0 saturated carbocycles. The maximum absolute atomic E-state index is 13.4. The maximum atomic E-state index is 13.4. The summed E-state index contributed by atoms with van der Waals surface area (Å²) in [6.07, 6.45) is 0. The van der Waals surface area contributed by atoms with E-state index in [-0.39, 0.29) is 5.82 Å². The van der Waals surface area contributed by atoms with E-state index in [1.165, 1.54) is 6.07 Å². The fourth-order valence-electron chi connectivity index (χ4n) is 2.83. The van der Waals surface area contributed by atoms with Gasteiger partial charge in [0.2, 0.25) is 0 Å². The number of piperazine rings is 1. The number of β-amino-alcohol motifs (C(OH)–C–C–N with tert-alkyl or cyclic N) is 1. The smallest absolute Gasteiger partial charge is 0.123 e. The molecule has 0 atom stereocenters.